The number of carbonyl (C=O) groups is 2. The summed E-state index contributed by atoms with van der Waals surface area (Å²) in [6, 6.07) is 15.3. The second-order valence-electron chi connectivity index (χ2n) is 6.43. The smallest absolute Gasteiger partial charge is 0.244 e. The molecule has 2 rings (SSSR count). The molecule has 27 heavy (non-hydrogen) atoms. The van der Waals surface area contributed by atoms with Gasteiger partial charge in [0.1, 0.15) is 0 Å². The Balaban J connectivity index is 1.88. The fraction of sp³-hybridized carbons (Fsp3) is 0.333. The first-order chi connectivity index (χ1) is 12.9. The highest BCUT2D eigenvalue weighted by Crippen LogP contribution is 2.20. The van der Waals surface area contributed by atoms with E-state index in [1.54, 1.807) is 12.1 Å². The summed E-state index contributed by atoms with van der Waals surface area (Å²) in [5.41, 5.74) is 2.69. The maximum absolute atomic E-state index is 12.5. The Morgan fingerprint density at radius 1 is 1.15 bits per heavy atom. The van der Waals surface area contributed by atoms with Gasteiger partial charge in [-0.25, -0.2) is 0 Å². The number of rotatable bonds is 8. The summed E-state index contributed by atoms with van der Waals surface area (Å²) in [5.74, 6) is -0.357. The number of nitrogens with zero attached hydrogens (tertiary/aromatic N) is 1. The maximum atomic E-state index is 12.5. The minimum absolute atomic E-state index is 0.00266. The molecule has 0 saturated heterocycles. The minimum Gasteiger partial charge on any atom is -0.333 e. The molecule has 0 heterocycles. The fourth-order valence-corrected chi connectivity index (χ4v) is 2.85. The van der Waals surface area contributed by atoms with Gasteiger partial charge >= 0.3 is 0 Å². The van der Waals surface area contributed by atoms with Crippen molar-refractivity contribution in [1.29, 1.82) is 0 Å². The summed E-state index contributed by atoms with van der Waals surface area (Å²) in [7, 11) is 0. The lowest BCUT2D eigenvalue weighted by Crippen LogP contribution is -2.42. The van der Waals surface area contributed by atoms with Crippen LogP contribution in [0.15, 0.2) is 48.5 Å². The molecule has 0 unspecified atom stereocenters. The lowest BCUT2D eigenvalue weighted by molar-refractivity contribution is -0.133. The Kier molecular flexibility index (Phi) is 7.82. The van der Waals surface area contributed by atoms with E-state index < -0.39 is 0 Å². The quantitative estimate of drug-likeness (QED) is 0.724. The van der Waals surface area contributed by atoms with E-state index in [0.717, 1.165) is 11.1 Å². The Morgan fingerprint density at radius 2 is 1.85 bits per heavy atom. The summed E-state index contributed by atoms with van der Waals surface area (Å²) in [6.45, 7) is 6.39. The zero-order chi connectivity index (χ0) is 19.8. The highest BCUT2D eigenvalue weighted by atomic mass is 35.5. The number of anilines is 1. The van der Waals surface area contributed by atoms with Crippen LogP contribution in [0.25, 0.3) is 0 Å². The van der Waals surface area contributed by atoms with Gasteiger partial charge in [0.25, 0.3) is 0 Å². The third-order valence-electron chi connectivity index (χ3n) is 4.40. The summed E-state index contributed by atoms with van der Waals surface area (Å²) in [4.78, 5) is 26.3. The third-order valence-corrected chi connectivity index (χ3v) is 4.64. The summed E-state index contributed by atoms with van der Waals surface area (Å²) in [6.07, 6.45) is 0. The van der Waals surface area contributed by atoms with Gasteiger partial charge in [0.15, 0.2) is 0 Å². The van der Waals surface area contributed by atoms with Crippen LogP contribution >= 0.6 is 11.6 Å². The molecule has 6 heteroatoms. The Hall–Kier alpha value is -2.37. The van der Waals surface area contributed by atoms with Crippen molar-refractivity contribution < 1.29 is 9.59 Å². The van der Waals surface area contributed by atoms with E-state index >= 15 is 0 Å². The molecule has 5 nitrogen and oxygen atoms in total. The second kappa shape index (κ2) is 10.1. The Bertz CT molecular complexity index is 780. The van der Waals surface area contributed by atoms with Crippen molar-refractivity contribution in [3.05, 3.63) is 64.7 Å². The highest BCUT2D eigenvalue weighted by Gasteiger charge is 2.17. The number of aryl methyl sites for hydroxylation is 1. The van der Waals surface area contributed by atoms with Crippen LogP contribution < -0.4 is 10.6 Å². The Morgan fingerprint density at radius 3 is 2.52 bits per heavy atom. The van der Waals surface area contributed by atoms with E-state index in [-0.39, 0.29) is 30.9 Å². The molecule has 0 aliphatic rings. The van der Waals surface area contributed by atoms with Gasteiger partial charge in [-0.3, -0.25) is 9.59 Å². The molecule has 0 saturated carbocycles. The molecule has 0 aliphatic carbocycles. The molecule has 1 atom stereocenters. The van der Waals surface area contributed by atoms with Crippen LogP contribution in [0.1, 0.15) is 31.0 Å². The van der Waals surface area contributed by atoms with Crippen molar-refractivity contribution in [2.24, 2.45) is 0 Å². The van der Waals surface area contributed by atoms with Gasteiger partial charge in [0.05, 0.1) is 13.1 Å². The molecule has 2 aromatic rings. The zero-order valence-corrected chi connectivity index (χ0v) is 16.7. The van der Waals surface area contributed by atoms with Crippen LogP contribution in [0.4, 0.5) is 5.69 Å². The summed E-state index contributed by atoms with van der Waals surface area (Å²) < 4.78 is 0. The average Bonchev–Trinajstić information content (AvgIpc) is 2.67. The van der Waals surface area contributed by atoms with Crippen molar-refractivity contribution in [1.82, 2.24) is 10.2 Å². The highest BCUT2D eigenvalue weighted by molar-refractivity contribution is 6.31. The van der Waals surface area contributed by atoms with Crippen LogP contribution in [0.2, 0.25) is 5.02 Å². The van der Waals surface area contributed by atoms with Crippen LogP contribution in [0.3, 0.4) is 0 Å². The van der Waals surface area contributed by atoms with E-state index in [9.17, 15) is 9.59 Å². The first-order valence-electron chi connectivity index (χ1n) is 9.02. The number of amides is 2. The number of nitrogens with one attached hydrogen (secondary N) is 2. The molecule has 0 aromatic heterocycles. The molecule has 2 aromatic carbocycles. The van der Waals surface area contributed by atoms with Gasteiger partial charge in [0.2, 0.25) is 11.8 Å². The zero-order valence-electron chi connectivity index (χ0n) is 16.0. The molecule has 0 radical (unpaired) electrons. The van der Waals surface area contributed by atoms with E-state index in [4.69, 9.17) is 11.6 Å². The van der Waals surface area contributed by atoms with Crippen molar-refractivity contribution in [3.63, 3.8) is 0 Å². The van der Waals surface area contributed by atoms with Crippen LogP contribution in [-0.4, -0.2) is 36.3 Å². The number of hydrogen-bond acceptors (Lipinski definition) is 3. The average molecular weight is 388 g/mol. The molecule has 0 fully saturated rings. The Labute approximate surface area is 165 Å². The van der Waals surface area contributed by atoms with E-state index in [0.29, 0.717) is 17.3 Å². The van der Waals surface area contributed by atoms with Crippen LogP contribution in [-0.2, 0) is 9.59 Å². The van der Waals surface area contributed by atoms with Crippen molar-refractivity contribution >= 4 is 29.1 Å². The van der Waals surface area contributed by atoms with Gasteiger partial charge in [-0.2, -0.15) is 0 Å². The van der Waals surface area contributed by atoms with Crippen molar-refractivity contribution in [2.45, 2.75) is 26.8 Å². The largest absolute Gasteiger partial charge is 0.333 e. The number of likely N-dealkylation sites (N-methyl/N-ethyl adjacent to an activating group) is 1. The molecule has 0 aliphatic heterocycles. The second-order valence-corrected chi connectivity index (χ2v) is 6.87. The number of halogens is 1. The minimum atomic E-state index is -0.244. The lowest BCUT2D eigenvalue weighted by atomic mass is 10.1. The predicted molar refractivity (Wildman–Crippen MR) is 110 cm³/mol. The molecule has 2 N–H and O–H groups in total. The first kappa shape index (κ1) is 20.9. The molecule has 144 valence electrons. The third kappa shape index (κ3) is 6.38. The van der Waals surface area contributed by atoms with Gasteiger partial charge in [-0.05, 0) is 44.0 Å². The van der Waals surface area contributed by atoms with Gasteiger partial charge < -0.3 is 15.5 Å². The standard InChI is InChI=1S/C21H26ClN3O2/c1-4-25(14-20(26)24-19-12-18(22)11-10-15(19)2)21(27)13-23-16(3)17-8-6-5-7-9-17/h5-12,16,23H,4,13-14H2,1-3H3,(H,24,26)/t16-/m0/s1. The lowest BCUT2D eigenvalue weighted by Gasteiger charge is -2.22. The summed E-state index contributed by atoms with van der Waals surface area (Å²) in [5, 5.41) is 6.59. The number of hydrogen-bond donors (Lipinski definition) is 2. The van der Waals surface area contributed by atoms with Crippen molar-refractivity contribution in [3.8, 4) is 0 Å². The first-order valence-corrected chi connectivity index (χ1v) is 9.40. The normalized spacial score (nSPS) is 11.7. The van der Waals surface area contributed by atoms with Crippen LogP contribution in [0.5, 0.6) is 0 Å². The van der Waals surface area contributed by atoms with Gasteiger partial charge in [0, 0.05) is 23.3 Å². The van der Waals surface area contributed by atoms with E-state index in [1.165, 1.54) is 4.90 Å². The fourth-order valence-electron chi connectivity index (χ4n) is 2.68. The topological polar surface area (TPSA) is 61.4 Å². The predicted octanol–water partition coefficient (Wildman–Crippen LogP) is 3.79. The van der Waals surface area contributed by atoms with Gasteiger partial charge in [-0.15, -0.1) is 0 Å². The molecule has 0 spiro atoms. The van der Waals surface area contributed by atoms with Crippen LogP contribution in [0, 0.1) is 6.92 Å². The summed E-state index contributed by atoms with van der Waals surface area (Å²) >= 11 is 5.98. The van der Waals surface area contributed by atoms with Crippen molar-refractivity contribution in [2.75, 3.05) is 25.0 Å². The maximum Gasteiger partial charge on any atom is 0.244 e. The molecular weight excluding hydrogens is 362 g/mol. The number of carbonyl (C=O) groups excluding carboxylic acids is 2. The SMILES string of the molecule is CCN(CC(=O)Nc1cc(Cl)ccc1C)C(=O)CN[C@@H](C)c1ccccc1. The molecule has 2 amide bonds. The molecular formula is C21H26ClN3O2. The van der Waals surface area contributed by atoms with E-state index in [1.807, 2.05) is 57.2 Å². The number of benzene rings is 2. The van der Waals surface area contributed by atoms with E-state index in [2.05, 4.69) is 10.6 Å². The monoisotopic (exact) mass is 387 g/mol. The molecule has 0 bridgehead atoms. The van der Waals surface area contributed by atoms with Gasteiger partial charge in [-0.1, -0.05) is 48.0 Å².